The highest BCUT2D eigenvalue weighted by Crippen LogP contribution is 2.08. The van der Waals surface area contributed by atoms with E-state index in [0.717, 1.165) is 19.6 Å². The maximum atomic E-state index is 4.58. The monoisotopic (exact) mass is 251 g/mol. The van der Waals surface area contributed by atoms with Crippen molar-refractivity contribution >= 4 is 0 Å². The van der Waals surface area contributed by atoms with Crippen molar-refractivity contribution in [2.75, 3.05) is 6.54 Å². The summed E-state index contributed by atoms with van der Waals surface area (Å²) in [4.78, 5) is 0. The molecule has 1 aromatic rings. The number of aromatic nitrogens is 2. The highest BCUT2D eigenvalue weighted by Gasteiger charge is 2.04. The van der Waals surface area contributed by atoms with E-state index >= 15 is 0 Å². The number of unbranched alkanes of at least 4 members (excludes halogenated alkanes) is 3. The molecule has 0 aromatic carbocycles. The molecular weight excluding hydrogens is 222 g/mol. The molecule has 0 unspecified atom stereocenters. The molecule has 0 fully saturated rings. The van der Waals surface area contributed by atoms with Crippen molar-refractivity contribution in [3.8, 4) is 0 Å². The van der Waals surface area contributed by atoms with Crippen molar-refractivity contribution in [1.82, 2.24) is 15.1 Å². The molecule has 0 aliphatic heterocycles. The van der Waals surface area contributed by atoms with Gasteiger partial charge in [-0.05, 0) is 25.8 Å². The Morgan fingerprint density at radius 1 is 1.28 bits per heavy atom. The van der Waals surface area contributed by atoms with Crippen molar-refractivity contribution in [1.29, 1.82) is 0 Å². The molecule has 3 heteroatoms. The van der Waals surface area contributed by atoms with Crippen LogP contribution in [0, 0.1) is 12.8 Å². The van der Waals surface area contributed by atoms with E-state index in [1.807, 2.05) is 0 Å². The van der Waals surface area contributed by atoms with Gasteiger partial charge in [0.05, 0.1) is 5.69 Å². The molecule has 1 aromatic heterocycles. The summed E-state index contributed by atoms with van der Waals surface area (Å²) in [7, 11) is 0. The average Bonchev–Trinajstić information content (AvgIpc) is 2.65. The summed E-state index contributed by atoms with van der Waals surface area (Å²) >= 11 is 0. The van der Waals surface area contributed by atoms with E-state index in [2.05, 4.69) is 49.0 Å². The molecule has 0 spiro atoms. The molecule has 1 rings (SSSR count). The van der Waals surface area contributed by atoms with Gasteiger partial charge in [-0.15, -0.1) is 0 Å². The van der Waals surface area contributed by atoms with Gasteiger partial charge in [0.25, 0.3) is 0 Å². The second-order valence-electron chi connectivity index (χ2n) is 5.59. The first kappa shape index (κ1) is 15.2. The van der Waals surface area contributed by atoms with E-state index in [4.69, 9.17) is 0 Å². The minimum absolute atomic E-state index is 0.703. The maximum absolute atomic E-state index is 4.58. The van der Waals surface area contributed by atoms with Crippen LogP contribution in [0.4, 0.5) is 0 Å². The Morgan fingerprint density at radius 3 is 2.72 bits per heavy atom. The Kier molecular flexibility index (Phi) is 7.02. The van der Waals surface area contributed by atoms with Crippen molar-refractivity contribution < 1.29 is 0 Å². The van der Waals surface area contributed by atoms with Crippen LogP contribution in [0.1, 0.15) is 57.7 Å². The van der Waals surface area contributed by atoms with E-state index in [1.54, 1.807) is 0 Å². The highest BCUT2D eigenvalue weighted by atomic mass is 15.3. The van der Waals surface area contributed by atoms with Gasteiger partial charge in [-0.25, -0.2) is 0 Å². The maximum Gasteiger partial charge on any atom is 0.0638 e. The van der Waals surface area contributed by atoms with Crippen LogP contribution in [-0.2, 0) is 13.1 Å². The van der Waals surface area contributed by atoms with Crippen molar-refractivity contribution in [3.05, 3.63) is 17.5 Å². The number of rotatable bonds is 9. The second-order valence-corrected chi connectivity index (χ2v) is 5.59. The number of hydrogen-bond acceptors (Lipinski definition) is 2. The lowest BCUT2D eigenvalue weighted by atomic mass is 10.2. The molecule has 104 valence electrons. The lowest BCUT2D eigenvalue weighted by molar-refractivity contribution is 0.537. The van der Waals surface area contributed by atoms with E-state index < -0.39 is 0 Å². The second kappa shape index (κ2) is 8.30. The topological polar surface area (TPSA) is 29.9 Å². The standard InChI is InChI=1S/C15H29N3/c1-5-6-7-8-9-18-12-15(14(4)17-18)11-16-10-13(2)3/h12-13,16H,5-11H2,1-4H3. The molecular formula is C15H29N3. The van der Waals surface area contributed by atoms with Crippen molar-refractivity contribution in [2.45, 2.75) is 66.5 Å². The minimum Gasteiger partial charge on any atom is -0.312 e. The Balaban J connectivity index is 2.33. The molecule has 1 heterocycles. The molecule has 0 saturated heterocycles. The first-order chi connectivity index (χ1) is 8.63. The first-order valence-electron chi connectivity index (χ1n) is 7.37. The molecule has 0 bridgehead atoms. The van der Waals surface area contributed by atoms with Crippen LogP contribution in [-0.4, -0.2) is 16.3 Å². The van der Waals surface area contributed by atoms with Gasteiger partial charge in [0.2, 0.25) is 0 Å². The molecule has 0 saturated carbocycles. The Bertz CT molecular complexity index is 328. The predicted octanol–water partition coefficient (Wildman–Crippen LogP) is 3.52. The predicted molar refractivity (Wildman–Crippen MR) is 77.7 cm³/mol. The number of aryl methyl sites for hydroxylation is 2. The third kappa shape index (κ3) is 5.67. The Morgan fingerprint density at radius 2 is 2.06 bits per heavy atom. The fourth-order valence-electron chi connectivity index (χ4n) is 2.04. The van der Waals surface area contributed by atoms with E-state index in [9.17, 15) is 0 Å². The molecule has 18 heavy (non-hydrogen) atoms. The van der Waals surface area contributed by atoms with Crippen molar-refractivity contribution in [2.24, 2.45) is 5.92 Å². The van der Waals surface area contributed by atoms with Gasteiger partial charge in [0.1, 0.15) is 0 Å². The van der Waals surface area contributed by atoms with Crippen LogP contribution in [0.2, 0.25) is 0 Å². The van der Waals surface area contributed by atoms with E-state index in [0.29, 0.717) is 5.92 Å². The smallest absolute Gasteiger partial charge is 0.0638 e. The van der Waals surface area contributed by atoms with Crippen LogP contribution < -0.4 is 5.32 Å². The molecule has 0 aliphatic carbocycles. The summed E-state index contributed by atoms with van der Waals surface area (Å²) in [6.07, 6.45) is 7.39. The fourth-order valence-corrected chi connectivity index (χ4v) is 2.04. The lowest BCUT2D eigenvalue weighted by Gasteiger charge is -2.05. The van der Waals surface area contributed by atoms with E-state index in [-0.39, 0.29) is 0 Å². The summed E-state index contributed by atoms with van der Waals surface area (Å²) < 4.78 is 2.11. The molecule has 0 radical (unpaired) electrons. The Labute approximate surface area is 112 Å². The molecule has 3 nitrogen and oxygen atoms in total. The number of hydrogen-bond donors (Lipinski definition) is 1. The largest absolute Gasteiger partial charge is 0.312 e. The Hall–Kier alpha value is -0.830. The first-order valence-corrected chi connectivity index (χ1v) is 7.37. The normalized spacial score (nSPS) is 11.4. The summed E-state index contributed by atoms with van der Waals surface area (Å²) in [5, 5.41) is 8.06. The summed E-state index contributed by atoms with van der Waals surface area (Å²) in [5.41, 5.74) is 2.51. The van der Waals surface area contributed by atoms with Gasteiger partial charge in [-0.2, -0.15) is 5.10 Å². The average molecular weight is 251 g/mol. The van der Waals surface area contributed by atoms with Crippen molar-refractivity contribution in [3.63, 3.8) is 0 Å². The number of nitrogens with zero attached hydrogens (tertiary/aromatic N) is 2. The van der Waals surface area contributed by atoms with Gasteiger partial charge in [-0.3, -0.25) is 4.68 Å². The van der Waals surface area contributed by atoms with Gasteiger partial charge in [0.15, 0.2) is 0 Å². The van der Waals surface area contributed by atoms with Crippen LogP contribution >= 0.6 is 0 Å². The van der Waals surface area contributed by atoms with Crippen LogP contribution in [0.5, 0.6) is 0 Å². The zero-order valence-corrected chi connectivity index (χ0v) is 12.5. The summed E-state index contributed by atoms with van der Waals surface area (Å²) in [6.45, 7) is 11.9. The fraction of sp³-hybridized carbons (Fsp3) is 0.800. The minimum atomic E-state index is 0.703. The molecule has 0 amide bonds. The quantitative estimate of drug-likeness (QED) is 0.681. The summed E-state index contributed by atoms with van der Waals surface area (Å²) in [5.74, 6) is 0.703. The SMILES string of the molecule is CCCCCCn1cc(CNCC(C)C)c(C)n1. The van der Waals surface area contributed by atoms with Crippen LogP contribution in [0.3, 0.4) is 0 Å². The molecule has 0 aliphatic rings. The zero-order valence-electron chi connectivity index (χ0n) is 12.5. The zero-order chi connectivity index (χ0) is 13.4. The van der Waals surface area contributed by atoms with Gasteiger partial charge >= 0.3 is 0 Å². The van der Waals surface area contributed by atoms with E-state index in [1.165, 1.54) is 36.9 Å². The van der Waals surface area contributed by atoms with Crippen LogP contribution in [0.15, 0.2) is 6.20 Å². The summed E-state index contributed by atoms with van der Waals surface area (Å²) in [6, 6.07) is 0. The van der Waals surface area contributed by atoms with Crippen LogP contribution in [0.25, 0.3) is 0 Å². The van der Waals surface area contributed by atoms with Gasteiger partial charge < -0.3 is 5.32 Å². The lowest BCUT2D eigenvalue weighted by Crippen LogP contribution is -2.19. The van der Waals surface area contributed by atoms with Gasteiger partial charge in [0, 0.05) is 24.8 Å². The highest BCUT2D eigenvalue weighted by molar-refractivity contribution is 5.14. The number of nitrogens with one attached hydrogen (secondary N) is 1. The third-order valence-corrected chi connectivity index (χ3v) is 3.16. The van der Waals surface area contributed by atoms with Gasteiger partial charge in [-0.1, -0.05) is 40.0 Å². The third-order valence-electron chi connectivity index (χ3n) is 3.16. The molecule has 1 N–H and O–H groups in total. The molecule has 0 atom stereocenters.